The van der Waals surface area contributed by atoms with Gasteiger partial charge in [-0.1, -0.05) is 0 Å². The Kier molecular flexibility index (Phi) is 1.71. The van der Waals surface area contributed by atoms with Crippen LogP contribution >= 0.6 is 11.3 Å². The minimum absolute atomic E-state index is 0.476. The van der Waals surface area contributed by atoms with Crippen LogP contribution < -0.4 is 5.43 Å². The fraction of sp³-hybridized carbons (Fsp3) is 0.545. The Morgan fingerprint density at radius 1 is 1.43 bits per heavy atom. The van der Waals surface area contributed by atoms with Gasteiger partial charge < -0.3 is 5.43 Å². The van der Waals surface area contributed by atoms with E-state index in [0.717, 1.165) is 0 Å². The van der Waals surface area contributed by atoms with Gasteiger partial charge in [-0.25, -0.2) is 0 Å². The van der Waals surface area contributed by atoms with E-state index in [1.165, 1.54) is 22.6 Å². The molecule has 1 aliphatic carbocycles. The molecule has 1 aromatic heterocycles. The molecule has 0 fully saturated rings. The van der Waals surface area contributed by atoms with E-state index in [0.29, 0.717) is 12.0 Å². The molecule has 1 aliphatic heterocycles. The molecule has 3 rings (SSSR count). The van der Waals surface area contributed by atoms with Crippen LogP contribution in [0, 0.1) is 19.8 Å². The SMILES string of the molecule is Cc1sc(C)c2c1CCC1C=NNC21. The molecule has 2 heterocycles. The van der Waals surface area contributed by atoms with Crippen LogP contribution in [0.3, 0.4) is 0 Å². The molecule has 3 heteroatoms. The molecule has 2 atom stereocenters. The molecule has 14 heavy (non-hydrogen) atoms. The maximum Gasteiger partial charge on any atom is 0.0781 e. The molecule has 0 radical (unpaired) electrons. The van der Waals surface area contributed by atoms with Crippen LogP contribution in [-0.2, 0) is 6.42 Å². The van der Waals surface area contributed by atoms with Crippen LogP contribution in [-0.4, -0.2) is 6.21 Å². The van der Waals surface area contributed by atoms with E-state index in [-0.39, 0.29) is 0 Å². The van der Waals surface area contributed by atoms with Crippen LogP contribution in [0.15, 0.2) is 5.10 Å². The van der Waals surface area contributed by atoms with Crippen LogP contribution in [0.2, 0.25) is 0 Å². The summed E-state index contributed by atoms with van der Waals surface area (Å²) in [5, 5.41) is 4.21. The molecule has 2 unspecified atom stereocenters. The zero-order valence-electron chi connectivity index (χ0n) is 8.50. The quantitative estimate of drug-likeness (QED) is 0.693. The summed E-state index contributed by atoms with van der Waals surface area (Å²) >= 11 is 1.94. The normalized spacial score (nSPS) is 28.4. The zero-order valence-corrected chi connectivity index (χ0v) is 9.32. The van der Waals surface area contributed by atoms with Crippen molar-refractivity contribution in [3.63, 3.8) is 0 Å². The third-order valence-electron chi connectivity index (χ3n) is 3.38. The first-order chi connectivity index (χ1) is 6.77. The molecule has 0 saturated carbocycles. The van der Waals surface area contributed by atoms with E-state index >= 15 is 0 Å². The molecule has 0 bridgehead atoms. The molecule has 2 nitrogen and oxygen atoms in total. The molecule has 1 aromatic rings. The van der Waals surface area contributed by atoms with Gasteiger partial charge in [-0.15, -0.1) is 11.3 Å². The first kappa shape index (κ1) is 8.48. The standard InChI is InChI=1S/C11H14N2S/c1-6-9-4-3-8-5-12-13-11(8)10(9)7(2)14-6/h5,8,11,13H,3-4H2,1-2H3. The van der Waals surface area contributed by atoms with Gasteiger partial charge in [0.2, 0.25) is 0 Å². The van der Waals surface area contributed by atoms with Gasteiger partial charge in [0.15, 0.2) is 0 Å². The van der Waals surface area contributed by atoms with Gasteiger partial charge in [0.05, 0.1) is 6.04 Å². The van der Waals surface area contributed by atoms with Gasteiger partial charge in [0, 0.05) is 21.9 Å². The summed E-state index contributed by atoms with van der Waals surface area (Å²) in [6.07, 6.45) is 4.57. The number of aryl methyl sites for hydroxylation is 2. The van der Waals surface area contributed by atoms with Gasteiger partial charge in [0.1, 0.15) is 0 Å². The van der Waals surface area contributed by atoms with Crippen molar-refractivity contribution >= 4 is 17.6 Å². The average molecular weight is 206 g/mol. The van der Waals surface area contributed by atoms with Crippen molar-refractivity contribution in [2.45, 2.75) is 32.7 Å². The summed E-state index contributed by atoms with van der Waals surface area (Å²) in [7, 11) is 0. The van der Waals surface area contributed by atoms with Crippen LogP contribution in [0.4, 0.5) is 0 Å². The van der Waals surface area contributed by atoms with Crippen molar-refractivity contribution in [2.24, 2.45) is 11.0 Å². The summed E-state index contributed by atoms with van der Waals surface area (Å²) < 4.78 is 0. The summed E-state index contributed by atoms with van der Waals surface area (Å²) in [5.74, 6) is 0.634. The van der Waals surface area contributed by atoms with Crippen molar-refractivity contribution in [1.82, 2.24) is 5.43 Å². The lowest BCUT2D eigenvalue weighted by Crippen LogP contribution is -2.24. The Balaban J connectivity index is 2.14. The molecule has 74 valence electrons. The Morgan fingerprint density at radius 3 is 3.14 bits per heavy atom. The second kappa shape index (κ2) is 2.83. The Morgan fingerprint density at radius 2 is 2.29 bits per heavy atom. The summed E-state index contributed by atoms with van der Waals surface area (Å²) in [4.78, 5) is 2.98. The van der Waals surface area contributed by atoms with Crippen molar-refractivity contribution < 1.29 is 0 Å². The Hall–Kier alpha value is -0.830. The number of nitrogens with one attached hydrogen (secondary N) is 1. The maximum atomic E-state index is 4.21. The van der Waals surface area contributed by atoms with Gasteiger partial charge in [-0.2, -0.15) is 5.10 Å². The topological polar surface area (TPSA) is 24.4 Å². The highest BCUT2D eigenvalue weighted by Gasteiger charge is 2.34. The first-order valence-corrected chi connectivity index (χ1v) is 5.96. The van der Waals surface area contributed by atoms with Gasteiger partial charge in [-0.05, 0) is 37.8 Å². The molecule has 0 aromatic carbocycles. The highest BCUT2D eigenvalue weighted by Crippen LogP contribution is 2.42. The van der Waals surface area contributed by atoms with E-state index in [2.05, 4.69) is 30.6 Å². The van der Waals surface area contributed by atoms with Crippen molar-refractivity contribution in [2.75, 3.05) is 0 Å². The van der Waals surface area contributed by atoms with E-state index < -0.39 is 0 Å². The number of hydrogen-bond acceptors (Lipinski definition) is 3. The highest BCUT2D eigenvalue weighted by atomic mass is 32.1. The number of nitrogens with zero attached hydrogens (tertiary/aromatic N) is 1. The molecular formula is C11H14N2S. The van der Waals surface area contributed by atoms with Crippen molar-refractivity contribution in [1.29, 1.82) is 0 Å². The van der Waals surface area contributed by atoms with Crippen LogP contribution in [0.1, 0.15) is 33.3 Å². The third-order valence-corrected chi connectivity index (χ3v) is 4.46. The fourth-order valence-electron chi connectivity index (χ4n) is 2.70. The third kappa shape index (κ3) is 0.989. The largest absolute Gasteiger partial charge is 0.302 e. The molecule has 0 spiro atoms. The second-order valence-corrected chi connectivity index (χ2v) is 5.62. The van der Waals surface area contributed by atoms with Crippen LogP contribution in [0.25, 0.3) is 0 Å². The van der Waals surface area contributed by atoms with E-state index in [9.17, 15) is 0 Å². The zero-order chi connectivity index (χ0) is 9.71. The van der Waals surface area contributed by atoms with Crippen molar-refractivity contribution in [3.05, 3.63) is 20.9 Å². The molecule has 1 N–H and O–H groups in total. The number of fused-ring (bicyclic) bond motifs is 3. The van der Waals surface area contributed by atoms with E-state index in [1.54, 1.807) is 11.1 Å². The lowest BCUT2D eigenvalue weighted by Gasteiger charge is -2.25. The van der Waals surface area contributed by atoms with Gasteiger partial charge >= 0.3 is 0 Å². The lowest BCUT2D eigenvalue weighted by atomic mass is 9.81. The molecular weight excluding hydrogens is 192 g/mol. The number of rotatable bonds is 0. The molecule has 0 amide bonds. The maximum absolute atomic E-state index is 4.21. The molecule has 2 aliphatic rings. The minimum atomic E-state index is 0.476. The Bertz CT molecular complexity index is 406. The highest BCUT2D eigenvalue weighted by molar-refractivity contribution is 7.12. The summed E-state index contributed by atoms with van der Waals surface area (Å²) in [6, 6.07) is 0.476. The second-order valence-electron chi connectivity index (χ2n) is 4.19. The number of hydrazone groups is 1. The predicted octanol–water partition coefficient (Wildman–Crippen LogP) is 2.56. The summed E-state index contributed by atoms with van der Waals surface area (Å²) in [6.45, 7) is 4.48. The number of hydrogen-bond donors (Lipinski definition) is 1. The van der Waals surface area contributed by atoms with E-state index in [1.807, 2.05) is 11.3 Å². The van der Waals surface area contributed by atoms with Gasteiger partial charge in [0.25, 0.3) is 0 Å². The lowest BCUT2D eigenvalue weighted by molar-refractivity contribution is 0.446. The monoisotopic (exact) mass is 206 g/mol. The average Bonchev–Trinajstić information content (AvgIpc) is 2.71. The summed E-state index contributed by atoms with van der Waals surface area (Å²) in [5.41, 5.74) is 6.38. The Labute approximate surface area is 88.0 Å². The number of thiophene rings is 1. The van der Waals surface area contributed by atoms with Crippen molar-refractivity contribution in [3.8, 4) is 0 Å². The van der Waals surface area contributed by atoms with E-state index in [4.69, 9.17) is 0 Å². The van der Waals surface area contributed by atoms with Crippen LogP contribution in [0.5, 0.6) is 0 Å². The smallest absolute Gasteiger partial charge is 0.0781 e. The predicted molar refractivity (Wildman–Crippen MR) is 60.0 cm³/mol. The minimum Gasteiger partial charge on any atom is -0.302 e. The fourth-order valence-corrected chi connectivity index (χ4v) is 3.85. The van der Waals surface area contributed by atoms with Gasteiger partial charge in [-0.3, -0.25) is 0 Å². The first-order valence-electron chi connectivity index (χ1n) is 5.15. The molecule has 0 saturated heterocycles.